The number of carbonyl (C=O) groups excluding carboxylic acids is 2. The lowest BCUT2D eigenvalue weighted by molar-refractivity contribution is -0.114. The van der Waals surface area contributed by atoms with Crippen molar-refractivity contribution >= 4 is 35.0 Å². The summed E-state index contributed by atoms with van der Waals surface area (Å²) in [6, 6.07) is 14.2. The van der Waals surface area contributed by atoms with Crippen molar-refractivity contribution in [2.45, 2.75) is 12.1 Å². The van der Waals surface area contributed by atoms with E-state index < -0.39 is 0 Å². The molecule has 0 unspecified atom stereocenters. The van der Waals surface area contributed by atoms with Crippen LogP contribution in [0.15, 0.2) is 58.2 Å². The molecule has 8 nitrogen and oxygen atoms in total. The second kappa shape index (κ2) is 9.05. The van der Waals surface area contributed by atoms with Crippen LogP contribution in [0.1, 0.15) is 6.92 Å². The van der Waals surface area contributed by atoms with Crippen molar-refractivity contribution in [1.82, 2.24) is 10.2 Å². The molecule has 1 heterocycles. The third-order valence-corrected chi connectivity index (χ3v) is 4.38. The Hall–Kier alpha value is -3.33. The molecule has 2 N–H and O–H groups in total. The van der Waals surface area contributed by atoms with E-state index in [2.05, 4.69) is 20.8 Å². The van der Waals surface area contributed by atoms with E-state index in [0.717, 1.165) is 11.8 Å². The fourth-order valence-corrected chi connectivity index (χ4v) is 2.91. The molecular weight excluding hydrogens is 380 g/mol. The molecule has 0 fully saturated rings. The maximum absolute atomic E-state index is 12.1. The number of nitrogens with one attached hydrogen (secondary N) is 2. The van der Waals surface area contributed by atoms with E-state index in [0.29, 0.717) is 28.6 Å². The lowest BCUT2D eigenvalue weighted by Crippen LogP contribution is -2.14. The minimum atomic E-state index is -0.214. The van der Waals surface area contributed by atoms with Gasteiger partial charge in [0, 0.05) is 18.2 Å². The fraction of sp³-hybridized carbons (Fsp3) is 0.158. The Morgan fingerprint density at radius 1 is 1.07 bits per heavy atom. The van der Waals surface area contributed by atoms with Gasteiger partial charge in [0.15, 0.2) is 0 Å². The maximum atomic E-state index is 12.1. The fourth-order valence-electron chi connectivity index (χ4n) is 2.35. The van der Waals surface area contributed by atoms with Gasteiger partial charge in [-0.25, -0.2) is 0 Å². The Labute approximate surface area is 165 Å². The molecule has 0 bridgehead atoms. The van der Waals surface area contributed by atoms with E-state index in [9.17, 15) is 9.59 Å². The zero-order valence-corrected chi connectivity index (χ0v) is 16.1. The minimum Gasteiger partial charge on any atom is -0.495 e. The Morgan fingerprint density at radius 2 is 1.82 bits per heavy atom. The second-order valence-corrected chi connectivity index (χ2v) is 6.60. The molecule has 0 saturated carbocycles. The molecule has 3 rings (SSSR count). The van der Waals surface area contributed by atoms with Crippen LogP contribution in [0.4, 0.5) is 11.4 Å². The molecule has 0 aliphatic carbocycles. The number of para-hydroxylation sites is 2. The summed E-state index contributed by atoms with van der Waals surface area (Å²) in [5.41, 5.74) is 1.99. The van der Waals surface area contributed by atoms with Crippen LogP contribution in [0, 0.1) is 0 Å². The Morgan fingerprint density at radius 3 is 2.54 bits per heavy atom. The summed E-state index contributed by atoms with van der Waals surface area (Å²) >= 11 is 1.14. The summed E-state index contributed by atoms with van der Waals surface area (Å²) in [5, 5.41) is 13.7. The molecule has 0 saturated heterocycles. The molecule has 9 heteroatoms. The molecule has 0 aliphatic rings. The van der Waals surface area contributed by atoms with Crippen LogP contribution < -0.4 is 15.4 Å². The highest BCUT2D eigenvalue weighted by Gasteiger charge is 2.12. The van der Waals surface area contributed by atoms with Gasteiger partial charge in [0.25, 0.3) is 5.22 Å². The van der Waals surface area contributed by atoms with Gasteiger partial charge in [-0.15, -0.1) is 10.2 Å². The molecule has 2 amide bonds. The zero-order valence-electron chi connectivity index (χ0n) is 15.3. The van der Waals surface area contributed by atoms with Crippen molar-refractivity contribution in [1.29, 1.82) is 0 Å². The summed E-state index contributed by atoms with van der Waals surface area (Å²) in [6.07, 6.45) is 0. The summed E-state index contributed by atoms with van der Waals surface area (Å²) in [6.45, 7) is 1.44. The van der Waals surface area contributed by atoms with Gasteiger partial charge in [0.05, 0.1) is 18.6 Å². The minimum absolute atomic E-state index is 0.112. The molecule has 0 radical (unpaired) electrons. The number of hydrogen-bond acceptors (Lipinski definition) is 7. The third-order valence-electron chi connectivity index (χ3n) is 3.57. The van der Waals surface area contributed by atoms with Crippen LogP contribution in [0.5, 0.6) is 5.75 Å². The molecular formula is C19H18N4O4S. The summed E-state index contributed by atoms with van der Waals surface area (Å²) in [5.74, 6) is 0.677. The zero-order chi connectivity index (χ0) is 19.9. The Balaban J connectivity index is 1.57. The first kappa shape index (κ1) is 19.4. The molecule has 0 aliphatic heterocycles. The van der Waals surface area contributed by atoms with Crippen molar-refractivity contribution < 1.29 is 18.7 Å². The summed E-state index contributed by atoms with van der Waals surface area (Å²) in [4.78, 5) is 23.2. The number of carbonyl (C=O) groups is 2. The molecule has 2 aromatic carbocycles. The number of aromatic nitrogens is 2. The van der Waals surface area contributed by atoms with Gasteiger partial charge in [0.2, 0.25) is 17.7 Å². The van der Waals surface area contributed by atoms with Crippen LogP contribution in [-0.4, -0.2) is 34.9 Å². The SMILES string of the molecule is COc1ccccc1NC(=O)CSc1nnc(-c2ccc(NC(C)=O)cc2)o1. The van der Waals surface area contributed by atoms with Gasteiger partial charge < -0.3 is 19.8 Å². The Kier molecular flexibility index (Phi) is 6.28. The highest BCUT2D eigenvalue weighted by Crippen LogP contribution is 2.26. The lowest BCUT2D eigenvalue weighted by Gasteiger charge is -2.08. The van der Waals surface area contributed by atoms with Gasteiger partial charge in [-0.2, -0.15) is 0 Å². The van der Waals surface area contributed by atoms with Gasteiger partial charge in [-0.05, 0) is 36.4 Å². The number of rotatable bonds is 7. The third kappa shape index (κ3) is 5.10. The molecule has 0 atom stereocenters. The number of benzene rings is 2. The van der Waals surface area contributed by atoms with Gasteiger partial charge in [0.1, 0.15) is 5.75 Å². The van der Waals surface area contributed by atoms with Crippen molar-refractivity contribution in [3.63, 3.8) is 0 Å². The van der Waals surface area contributed by atoms with Crippen molar-refractivity contribution in [3.05, 3.63) is 48.5 Å². The predicted octanol–water partition coefficient (Wildman–Crippen LogP) is 3.43. The van der Waals surface area contributed by atoms with Gasteiger partial charge >= 0.3 is 0 Å². The van der Waals surface area contributed by atoms with E-state index in [-0.39, 0.29) is 22.8 Å². The average Bonchev–Trinajstić information content (AvgIpc) is 3.16. The first-order chi connectivity index (χ1) is 13.5. The largest absolute Gasteiger partial charge is 0.495 e. The van der Waals surface area contributed by atoms with E-state index in [4.69, 9.17) is 9.15 Å². The first-order valence-corrected chi connectivity index (χ1v) is 9.31. The Bertz CT molecular complexity index is 972. The van der Waals surface area contributed by atoms with Crippen molar-refractivity contribution in [2.24, 2.45) is 0 Å². The number of amides is 2. The van der Waals surface area contributed by atoms with Gasteiger partial charge in [-0.1, -0.05) is 23.9 Å². The average molecular weight is 398 g/mol. The monoisotopic (exact) mass is 398 g/mol. The van der Waals surface area contributed by atoms with E-state index in [1.807, 2.05) is 12.1 Å². The van der Waals surface area contributed by atoms with Gasteiger partial charge in [-0.3, -0.25) is 9.59 Å². The topological polar surface area (TPSA) is 106 Å². The summed E-state index contributed by atoms with van der Waals surface area (Å²) < 4.78 is 10.8. The molecule has 28 heavy (non-hydrogen) atoms. The maximum Gasteiger partial charge on any atom is 0.277 e. The van der Waals surface area contributed by atoms with E-state index in [1.54, 1.807) is 43.5 Å². The summed E-state index contributed by atoms with van der Waals surface area (Å²) in [7, 11) is 1.54. The number of methoxy groups -OCH3 is 1. The van der Waals surface area contributed by atoms with E-state index >= 15 is 0 Å². The number of hydrogen-bond donors (Lipinski definition) is 2. The molecule has 3 aromatic rings. The molecule has 1 aromatic heterocycles. The normalized spacial score (nSPS) is 10.4. The predicted molar refractivity (Wildman–Crippen MR) is 106 cm³/mol. The highest BCUT2D eigenvalue weighted by atomic mass is 32.2. The first-order valence-electron chi connectivity index (χ1n) is 8.32. The van der Waals surface area contributed by atoms with Crippen LogP contribution in [-0.2, 0) is 9.59 Å². The van der Waals surface area contributed by atoms with Crippen LogP contribution in [0.2, 0.25) is 0 Å². The van der Waals surface area contributed by atoms with Crippen LogP contribution >= 0.6 is 11.8 Å². The van der Waals surface area contributed by atoms with Crippen molar-refractivity contribution in [3.8, 4) is 17.2 Å². The van der Waals surface area contributed by atoms with Crippen molar-refractivity contribution in [2.75, 3.05) is 23.5 Å². The second-order valence-electron chi connectivity index (χ2n) is 5.67. The molecule has 0 spiro atoms. The highest BCUT2D eigenvalue weighted by molar-refractivity contribution is 7.99. The van der Waals surface area contributed by atoms with Crippen LogP contribution in [0.25, 0.3) is 11.5 Å². The van der Waals surface area contributed by atoms with E-state index in [1.165, 1.54) is 6.92 Å². The number of anilines is 2. The quantitative estimate of drug-likeness (QED) is 0.587. The lowest BCUT2D eigenvalue weighted by atomic mass is 10.2. The molecule has 144 valence electrons. The number of ether oxygens (including phenoxy) is 1. The van der Waals surface area contributed by atoms with Crippen LogP contribution in [0.3, 0.4) is 0 Å². The number of thioether (sulfide) groups is 1. The number of nitrogens with zero attached hydrogens (tertiary/aromatic N) is 2. The standard InChI is InChI=1S/C19H18N4O4S/c1-12(24)20-14-9-7-13(8-10-14)18-22-23-19(27-18)28-11-17(25)21-15-5-3-4-6-16(15)26-2/h3-10H,11H2,1-2H3,(H,20,24)(H,21,25). The smallest absolute Gasteiger partial charge is 0.277 e.